The van der Waals surface area contributed by atoms with E-state index >= 15 is 0 Å². The van der Waals surface area contributed by atoms with Crippen LogP contribution in [0.3, 0.4) is 0 Å². The summed E-state index contributed by atoms with van der Waals surface area (Å²) in [5.41, 5.74) is 0. The largest absolute Gasteiger partial charge is 0.480 e. The van der Waals surface area contributed by atoms with Crippen LogP contribution in [0.1, 0.15) is 39.0 Å². The van der Waals surface area contributed by atoms with Crippen LogP contribution in [0.4, 0.5) is 0 Å². The molecule has 92 valence electrons. The van der Waals surface area contributed by atoms with Crippen LogP contribution >= 0.6 is 0 Å². The molecule has 0 aromatic heterocycles. The van der Waals surface area contributed by atoms with Gasteiger partial charge in [0, 0.05) is 0 Å². The van der Waals surface area contributed by atoms with Gasteiger partial charge >= 0.3 is 5.97 Å². The first-order valence-corrected chi connectivity index (χ1v) is 5.91. The molecule has 1 unspecified atom stereocenters. The average molecular weight is 228 g/mol. The van der Waals surface area contributed by atoms with Gasteiger partial charge in [-0.15, -0.1) is 0 Å². The number of amides is 1. The lowest BCUT2D eigenvalue weighted by atomic mass is 10.0. The van der Waals surface area contributed by atoms with Crippen molar-refractivity contribution >= 4 is 11.9 Å². The van der Waals surface area contributed by atoms with Crippen LogP contribution in [0.25, 0.3) is 0 Å². The van der Waals surface area contributed by atoms with E-state index in [1.807, 2.05) is 6.92 Å². The average Bonchev–Trinajstić information content (AvgIpc) is 2.29. The summed E-state index contributed by atoms with van der Waals surface area (Å²) in [6, 6.07) is -0.964. The van der Waals surface area contributed by atoms with Gasteiger partial charge in [-0.2, -0.15) is 0 Å². The molecule has 3 N–H and O–H groups in total. The topological polar surface area (TPSA) is 78.4 Å². The predicted molar refractivity (Wildman–Crippen MR) is 60.1 cm³/mol. The lowest BCUT2D eigenvalue weighted by Crippen LogP contribution is -2.51. The zero-order valence-electron chi connectivity index (χ0n) is 9.66. The van der Waals surface area contributed by atoms with E-state index in [1.165, 1.54) is 0 Å². The van der Waals surface area contributed by atoms with Gasteiger partial charge in [-0.3, -0.25) is 4.79 Å². The van der Waals surface area contributed by atoms with Crippen LogP contribution in [-0.2, 0) is 9.59 Å². The molecule has 0 bridgehead atoms. The fourth-order valence-electron chi connectivity index (χ4n) is 1.89. The number of carbonyl (C=O) groups excluding carboxylic acids is 1. The predicted octanol–water partition coefficient (Wildman–Crippen LogP) is 0.498. The Balaban J connectivity index is 2.43. The van der Waals surface area contributed by atoms with Crippen molar-refractivity contribution < 1.29 is 14.7 Å². The van der Waals surface area contributed by atoms with Crippen molar-refractivity contribution in [3.63, 3.8) is 0 Å². The Morgan fingerprint density at radius 3 is 2.75 bits per heavy atom. The Hall–Kier alpha value is -1.10. The van der Waals surface area contributed by atoms with Gasteiger partial charge in [0.05, 0.1) is 6.04 Å². The first-order valence-electron chi connectivity index (χ1n) is 5.91. The fraction of sp³-hybridized carbons (Fsp3) is 0.818. The Kier molecular flexibility index (Phi) is 5.25. The van der Waals surface area contributed by atoms with Gasteiger partial charge in [-0.1, -0.05) is 19.8 Å². The van der Waals surface area contributed by atoms with E-state index < -0.39 is 12.0 Å². The minimum atomic E-state index is -0.953. The fourth-order valence-corrected chi connectivity index (χ4v) is 1.89. The van der Waals surface area contributed by atoms with E-state index in [4.69, 9.17) is 5.11 Å². The number of hydrogen-bond acceptors (Lipinski definition) is 3. The number of carboxylic acid groups (broad SMARTS) is 1. The van der Waals surface area contributed by atoms with Crippen molar-refractivity contribution in [1.29, 1.82) is 0 Å². The molecule has 5 heteroatoms. The van der Waals surface area contributed by atoms with E-state index in [1.54, 1.807) is 0 Å². The van der Waals surface area contributed by atoms with Gasteiger partial charge in [0.2, 0.25) is 5.91 Å². The highest BCUT2D eigenvalue weighted by Gasteiger charge is 2.25. The lowest BCUT2D eigenvalue weighted by molar-refractivity contribution is -0.142. The van der Waals surface area contributed by atoms with Gasteiger partial charge in [0.25, 0.3) is 0 Å². The first-order chi connectivity index (χ1) is 7.65. The summed E-state index contributed by atoms with van der Waals surface area (Å²) < 4.78 is 0. The SMILES string of the molecule is CCC[C@H](NC(=O)C1CCCCN1)C(=O)O. The Bertz CT molecular complexity index is 250. The molecule has 0 aromatic rings. The summed E-state index contributed by atoms with van der Waals surface area (Å²) in [6.45, 7) is 2.74. The normalized spacial score (nSPS) is 22.4. The van der Waals surface area contributed by atoms with Crippen molar-refractivity contribution in [3.8, 4) is 0 Å². The maximum atomic E-state index is 11.8. The zero-order valence-corrected chi connectivity index (χ0v) is 9.66. The van der Waals surface area contributed by atoms with Crippen LogP contribution in [0.15, 0.2) is 0 Å². The van der Waals surface area contributed by atoms with Crippen molar-refractivity contribution in [2.45, 2.75) is 51.1 Å². The second-order valence-corrected chi connectivity index (χ2v) is 4.19. The van der Waals surface area contributed by atoms with Crippen LogP contribution in [0, 0.1) is 0 Å². The summed E-state index contributed by atoms with van der Waals surface area (Å²) >= 11 is 0. The monoisotopic (exact) mass is 228 g/mol. The third kappa shape index (κ3) is 3.81. The van der Waals surface area contributed by atoms with Crippen molar-refractivity contribution in [1.82, 2.24) is 10.6 Å². The molecule has 0 saturated carbocycles. The second kappa shape index (κ2) is 6.48. The summed E-state index contributed by atoms with van der Waals surface area (Å²) in [5.74, 6) is -1.13. The first kappa shape index (κ1) is 13.0. The van der Waals surface area contributed by atoms with Crippen molar-refractivity contribution in [3.05, 3.63) is 0 Å². The van der Waals surface area contributed by atoms with Gasteiger partial charge in [-0.05, 0) is 25.8 Å². The van der Waals surface area contributed by atoms with Crippen LogP contribution in [0.5, 0.6) is 0 Å². The molecule has 2 atom stereocenters. The van der Waals surface area contributed by atoms with Crippen LogP contribution < -0.4 is 10.6 Å². The van der Waals surface area contributed by atoms with Gasteiger partial charge in [0.1, 0.15) is 6.04 Å². The van der Waals surface area contributed by atoms with E-state index in [-0.39, 0.29) is 11.9 Å². The third-order valence-corrected chi connectivity index (χ3v) is 2.82. The Morgan fingerprint density at radius 1 is 1.50 bits per heavy atom. The standard InChI is InChI=1S/C11H20N2O3/c1-2-5-9(11(15)16)13-10(14)8-6-3-4-7-12-8/h8-9,12H,2-7H2,1H3,(H,13,14)(H,15,16)/t8?,9-/m0/s1. The van der Waals surface area contributed by atoms with Crippen molar-refractivity contribution in [2.24, 2.45) is 0 Å². The highest BCUT2D eigenvalue weighted by molar-refractivity contribution is 5.86. The molecular formula is C11H20N2O3. The van der Waals surface area contributed by atoms with Gasteiger partial charge in [-0.25, -0.2) is 4.79 Å². The molecular weight excluding hydrogens is 208 g/mol. The molecule has 1 saturated heterocycles. The number of nitrogens with one attached hydrogen (secondary N) is 2. The summed E-state index contributed by atoms with van der Waals surface area (Å²) in [7, 11) is 0. The quantitative estimate of drug-likeness (QED) is 0.640. The molecule has 0 radical (unpaired) electrons. The minimum Gasteiger partial charge on any atom is -0.480 e. The Morgan fingerprint density at radius 2 is 2.25 bits per heavy atom. The minimum absolute atomic E-state index is 0.180. The van der Waals surface area contributed by atoms with E-state index in [2.05, 4.69) is 10.6 Å². The molecule has 1 aliphatic heterocycles. The number of carbonyl (C=O) groups is 2. The highest BCUT2D eigenvalue weighted by atomic mass is 16.4. The van der Waals surface area contributed by atoms with Gasteiger partial charge in [0.15, 0.2) is 0 Å². The number of hydrogen-bond donors (Lipinski definition) is 3. The molecule has 1 rings (SSSR count). The van der Waals surface area contributed by atoms with E-state index in [9.17, 15) is 9.59 Å². The van der Waals surface area contributed by atoms with Crippen molar-refractivity contribution in [2.75, 3.05) is 6.54 Å². The third-order valence-electron chi connectivity index (χ3n) is 2.82. The number of aliphatic carboxylic acids is 1. The molecule has 16 heavy (non-hydrogen) atoms. The summed E-state index contributed by atoms with van der Waals surface area (Å²) in [4.78, 5) is 22.6. The molecule has 1 aliphatic rings. The molecule has 1 heterocycles. The lowest BCUT2D eigenvalue weighted by Gasteiger charge is -2.24. The number of rotatable bonds is 5. The molecule has 0 aliphatic carbocycles. The highest BCUT2D eigenvalue weighted by Crippen LogP contribution is 2.07. The molecule has 1 fully saturated rings. The Labute approximate surface area is 95.6 Å². The molecule has 1 amide bonds. The molecule has 0 spiro atoms. The summed E-state index contributed by atoms with van der Waals surface area (Å²) in [5, 5.41) is 14.6. The van der Waals surface area contributed by atoms with Crippen LogP contribution in [-0.4, -0.2) is 35.6 Å². The zero-order chi connectivity index (χ0) is 12.0. The number of piperidine rings is 1. The molecule has 5 nitrogen and oxygen atoms in total. The van der Waals surface area contributed by atoms with Crippen LogP contribution in [0.2, 0.25) is 0 Å². The van der Waals surface area contributed by atoms with E-state index in [0.29, 0.717) is 6.42 Å². The van der Waals surface area contributed by atoms with E-state index in [0.717, 1.165) is 32.2 Å². The maximum absolute atomic E-state index is 11.8. The molecule has 0 aromatic carbocycles. The van der Waals surface area contributed by atoms with Gasteiger partial charge < -0.3 is 15.7 Å². The summed E-state index contributed by atoms with van der Waals surface area (Å²) in [6.07, 6.45) is 4.13. The second-order valence-electron chi connectivity index (χ2n) is 4.19. The maximum Gasteiger partial charge on any atom is 0.326 e. The number of carboxylic acids is 1. The smallest absolute Gasteiger partial charge is 0.326 e.